The van der Waals surface area contributed by atoms with E-state index in [1.54, 1.807) is 17.5 Å². The maximum Gasteiger partial charge on any atom is 0.253 e. The number of nitrogens with zero attached hydrogens (tertiary/aromatic N) is 1. The van der Waals surface area contributed by atoms with Gasteiger partial charge in [-0.1, -0.05) is 12.8 Å². The molecule has 0 radical (unpaired) electrons. The van der Waals surface area contributed by atoms with Crippen LogP contribution in [0, 0.1) is 0 Å². The van der Waals surface area contributed by atoms with Crippen molar-refractivity contribution in [1.29, 1.82) is 0 Å². The number of thiophene rings is 1. The van der Waals surface area contributed by atoms with Crippen LogP contribution in [0.4, 0.5) is 0 Å². The first-order valence-electron chi connectivity index (χ1n) is 6.62. The lowest BCUT2D eigenvalue weighted by Crippen LogP contribution is -2.32. The Morgan fingerprint density at radius 2 is 2.11 bits per heavy atom. The highest BCUT2D eigenvalue weighted by molar-refractivity contribution is 7.08. The fraction of sp³-hybridized carbons (Fsp3) is 0.333. The second kappa shape index (κ2) is 5.53. The molecule has 0 atom stereocenters. The monoisotopic (exact) mass is 272 g/mol. The Kier molecular flexibility index (Phi) is 3.60. The summed E-state index contributed by atoms with van der Waals surface area (Å²) in [5.41, 5.74) is 2.66. The van der Waals surface area contributed by atoms with Crippen LogP contribution >= 0.6 is 11.3 Å². The third-order valence-electron chi connectivity index (χ3n) is 3.53. The maximum atomic E-state index is 12.0. The number of hydrogen-bond donors (Lipinski definition) is 1. The van der Waals surface area contributed by atoms with E-state index in [-0.39, 0.29) is 5.91 Å². The van der Waals surface area contributed by atoms with Crippen LogP contribution < -0.4 is 5.32 Å². The van der Waals surface area contributed by atoms with Gasteiger partial charge in [-0.25, -0.2) is 0 Å². The number of rotatable bonds is 3. The van der Waals surface area contributed by atoms with Crippen molar-refractivity contribution in [3.63, 3.8) is 0 Å². The molecule has 4 heteroatoms. The van der Waals surface area contributed by atoms with Gasteiger partial charge >= 0.3 is 0 Å². The Labute approximate surface area is 116 Å². The molecule has 0 spiro atoms. The SMILES string of the molecule is O=C(NC1CCCC1)c1ccc(-c2ccsc2)nc1. The first kappa shape index (κ1) is 12.4. The lowest BCUT2D eigenvalue weighted by Gasteiger charge is -2.11. The van der Waals surface area contributed by atoms with Crippen molar-refractivity contribution in [2.75, 3.05) is 0 Å². The summed E-state index contributed by atoms with van der Waals surface area (Å²) in [7, 11) is 0. The van der Waals surface area contributed by atoms with E-state index in [1.165, 1.54) is 12.8 Å². The lowest BCUT2D eigenvalue weighted by molar-refractivity contribution is 0.0937. The van der Waals surface area contributed by atoms with Crippen molar-refractivity contribution >= 4 is 17.2 Å². The van der Waals surface area contributed by atoms with Crippen LogP contribution in [0.15, 0.2) is 35.2 Å². The second-order valence-electron chi connectivity index (χ2n) is 4.90. The van der Waals surface area contributed by atoms with Crippen molar-refractivity contribution < 1.29 is 4.79 Å². The van der Waals surface area contributed by atoms with Gasteiger partial charge in [0, 0.05) is 23.2 Å². The van der Waals surface area contributed by atoms with Gasteiger partial charge in [0.1, 0.15) is 0 Å². The topological polar surface area (TPSA) is 42.0 Å². The van der Waals surface area contributed by atoms with Crippen LogP contribution in [0.2, 0.25) is 0 Å². The number of carbonyl (C=O) groups is 1. The fourth-order valence-electron chi connectivity index (χ4n) is 2.45. The summed E-state index contributed by atoms with van der Waals surface area (Å²) < 4.78 is 0. The highest BCUT2D eigenvalue weighted by atomic mass is 32.1. The highest BCUT2D eigenvalue weighted by Gasteiger charge is 2.18. The summed E-state index contributed by atoms with van der Waals surface area (Å²) >= 11 is 1.65. The number of hydrogen-bond acceptors (Lipinski definition) is 3. The molecule has 0 unspecified atom stereocenters. The van der Waals surface area contributed by atoms with E-state index in [9.17, 15) is 4.79 Å². The lowest BCUT2D eigenvalue weighted by atomic mass is 10.1. The van der Waals surface area contributed by atoms with E-state index < -0.39 is 0 Å². The zero-order valence-corrected chi connectivity index (χ0v) is 11.5. The number of aromatic nitrogens is 1. The number of amides is 1. The quantitative estimate of drug-likeness (QED) is 0.929. The van der Waals surface area contributed by atoms with Crippen LogP contribution in [0.3, 0.4) is 0 Å². The van der Waals surface area contributed by atoms with Crippen molar-refractivity contribution in [3.8, 4) is 11.3 Å². The van der Waals surface area contributed by atoms with E-state index in [0.717, 1.165) is 24.1 Å². The van der Waals surface area contributed by atoms with Gasteiger partial charge in [-0.3, -0.25) is 9.78 Å². The van der Waals surface area contributed by atoms with Gasteiger partial charge < -0.3 is 5.32 Å². The molecular formula is C15H16N2OS. The third-order valence-corrected chi connectivity index (χ3v) is 4.22. The molecule has 1 saturated carbocycles. The average Bonchev–Trinajstić information content (AvgIpc) is 3.12. The van der Waals surface area contributed by atoms with Crippen LogP contribution in [0.25, 0.3) is 11.3 Å². The Hall–Kier alpha value is -1.68. The minimum Gasteiger partial charge on any atom is -0.349 e. The molecule has 0 saturated heterocycles. The highest BCUT2D eigenvalue weighted by Crippen LogP contribution is 2.20. The van der Waals surface area contributed by atoms with Gasteiger partial charge in [0.25, 0.3) is 5.91 Å². The van der Waals surface area contributed by atoms with Crippen LogP contribution in [-0.4, -0.2) is 16.9 Å². The second-order valence-corrected chi connectivity index (χ2v) is 5.68. The first-order valence-corrected chi connectivity index (χ1v) is 7.57. The predicted molar refractivity (Wildman–Crippen MR) is 77.3 cm³/mol. The zero-order chi connectivity index (χ0) is 13.1. The molecule has 19 heavy (non-hydrogen) atoms. The molecular weight excluding hydrogens is 256 g/mol. The van der Waals surface area contributed by atoms with E-state index in [4.69, 9.17) is 0 Å². The minimum atomic E-state index is -0.00345. The average molecular weight is 272 g/mol. The van der Waals surface area contributed by atoms with Gasteiger partial charge in [-0.2, -0.15) is 11.3 Å². The van der Waals surface area contributed by atoms with Gasteiger partial charge in [0.15, 0.2) is 0 Å². The maximum absolute atomic E-state index is 12.0. The molecule has 0 aliphatic heterocycles. The summed E-state index contributed by atoms with van der Waals surface area (Å²) in [5, 5.41) is 7.15. The van der Waals surface area contributed by atoms with Crippen molar-refractivity contribution in [3.05, 3.63) is 40.7 Å². The summed E-state index contributed by atoms with van der Waals surface area (Å²) in [6.45, 7) is 0. The molecule has 0 bridgehead atoms. The number of pyridine rings is 1. The molecule has 98 valence electrons. The molecule has 2 aromatic heterocycles. The van der Waals surface area contributed by atoms with Crippen molar-refractivity contribution in [2.24, 2.45) is 0 Å². The third kappa shape index (κ3) is 2.84. The van der Waals surface area contributed by atoms with Crippen LogP contribution in [0.1, 0.15) is 36.0 Å². The molecule has 2 aromatic rings. The van der Waals surface area contributed by atoms with E-state index in [2.05, 4.69) is 15.7 Å². The fourth-order valence-corrected chi connectivity index (χ4v) is 3.10. The Balaban J connectivity index is 1.69. The van der Waals surface area contributed by atoms with Crippen LogP contribution in [-0.2, 0) is 0 Å². The Morgan fingerprint density at radius 1 is 1.26 bits per heavy atom. The van der Waals surface area contributed by atoms with Crippen molar-refractivity contribution in [2.45, 2.75) is 31.7 Å². The van der Waals surface area contributed by atoms with E-state index in [1.807, 2.05) is 23.6 Å². The number of carbonyl (C=O) groups excluding carboxylic acids is 1. The molecule has 3 rings (SSSR count). The number of nitrogens with one attached hydrogen (secondary N) is 1. The molecule has 3 nitrogen and oxygen atoms in total. The summed E-state index contributed by atoms with van der Waals surface area (Å²) in [6.07, 6.45) is 6.32. The summed E-state index contributed by atoms with van der Waals surface area (Å²) in [4.78, 5) is 16.4. The van der Waals surface area contributed by atoms with Gasteiger partial charge in [0.05, 0.1) is 11.3 Å². The summed E-state index contributed by atoms with van der Waals surface area (Å²) in [5.74, 6) is -0.00345. The molecule has 1 amide bonds. The van der Waals surface area contributed by atoms with E-state index >= 15 is 0 Å². The first-order chi connectivity index (χ1) is 9.33. The normalized spacial score (nSPS) is 15.6. The molecule has 1 aliphatic carbocycles. The van der Waals surface area contributed by atoms with Gasteiger partial charge in [-0.15, -0.1) is 0 Å². The smallest absolute Gasteiger partial charge is 0.253 e. The Morgan fingerprint density at radius 3 is 2.74 bits per heavy atom. The van der Waals surface area contributed by atoms with Gasteiger partial charge in [0.2, 0.25) is 0 Å². The molecule has 1 N–H and O–H groups in total. The summed E-state index contributed by atoms with van der Waals surface area (Å²) in [6, 6.07) is 6.14. The zero-order valence-electron chi connectivity index (χ0n) is 10.6. The largest absolute Gasteiger partial charge is 0.349 e. The Bertz CT molecular complexity index is 542. The van der Waals surface area contributed by atoms with E-state index in [0.29, 0.717) is 11.6 Å². The minimum absolute atomic E-state index is 0.00345. The standard InChI is InChI=1S/C15H16N2OS/c18-15(17-13-3-1-2-4-13)11-5-6-14(16-9-11)12-7-8-19-10-12/h5-10,13H,1-4H2,(H,17,18). The molecule has 1 fully saturated rings. The van der Waals surface area contributed by atoms with Crippen molar-refractivity contribution in [1.82, 2.24) is 10.3 Å². The molecule has 1 aliphatic rings. The van der Waals surface area contributed by atoms with Gasteiger partial charge in [-0.05, 0) is 36.4 Å². The predicted octanol–water partition coefficient (Wildman–Crippen LogP) is 3.48. The molecule has 0 aromatic carbocycles. The molecule has 2 heterocycles. The van der Waals surface area contributed by atoms with Crippen LogP contribution in [0.5, 0.6) is 0 Å².